The molecule has 1 aliphatic carbocycles. The van der Waals surface area contributed by atoms with Crippen molar-refractivity contribution in [3.8, 4) is 0 Å². The molecule has 118 valence electrons. The number of nitrogens with two attached hydrogens (primary N) is 1. The van der Waals surface area contributed by atoms with Gasteiger partial charge in [-0.2, -0.15) is 0 Å². The third kappa shape index (κ3) is 4.45. The van der Waals surface area contributed by atoms with Crippen molar-refractivity contribution in [2.75, 3.05) is 5.32 Å². The molecule has 0 saturated heterocycles. The quantitative estimate of drug-likeness (QED) is 0.886. The third-order valence-electron chi connectivity index (χ3n) is 4.26. The molecular formula is C17H27ClN2O. The fraction of sp³-hybridized carbons (Fsp3) is 0.588. The predicted octanol–water partition coefficient (Wildman–Crippen LogP) is 4.00. The van der Waals surface area contributed by atoms with Gasteiger partial charge in [0.1, 0.15) is 0 Å². The van der Waals surface area contributed by atoms with E-state index in [4.69, 9.17) is 5.73 Å². The molecule has 0 aromatic heterocycles. The van der Waals surface area contributed by atoms with E-state index in [-0.39, 0.29) is 30.3 Å². The first kappa shape index (κ1) is 18.0. The van der Waals surface area contributed by atoms with Crippen LogP contribution in [-0.2, 0) is 4.79 Å². The Morgan fingerprint density at radius 3 is 2.67 bits per heavy atom. The molecule has 1 aromatic carbocycles. The maximum absolute atomic E-state index is 12.5. The van der Waals surface area contributed by atoms with Gasteiger partial charge in [-0.05, 0) is 43.2 Å². The van der Waals surface area contributed by atoms with Gasteiger partial charge in [0.05, 0.1) is 0 Å². The number of benzene rings is 1. The van der Waals surface area contributed by atoms with Gasteiger partial charge in [0.25, 0.3) is 0 Å². The van der Waals surface area contributed by atoms with E-state index in [1.165, 1.54) is 5.56 Å². The molecule has 2 atom stereocenters. The number of aryl methyl sites for hydroxylation is 1. The molecule has 0 aliphatic heterocycles. The minimum atomic E-state index is 0. The van der Waals surface area contributed by atoms with E-state index in [1.807, 2.05) is 13.0 Å². The molecule has 1 fully saturated rings. The van der Waals surface area contributed by atoms with Gasteiger partial charge in [0, 0.05) is 17.6 Å². The molecule has 3 nitrogen and oxygen atoms in total. The molecule has 0 radical (unpaired) electrons. The summed E-state index contributed by atoms with van der Waals surface area (Å²) in [5.74, 6) is 0.605. The smallest absolute Gasteiger partial charge is 0.227 e. The average Bonchev–Trinajstić information content (AvgIpc) is 2.40. The summed E-state index contributed by atoms with van der Waals surface area (Å²) in [4.78, 5) is 12.5. The van der Waals surface area contributed by atoms with Crippen molar-refractivity contribution in [3.63, 3.8) is 0 Å². The first-order valence-corrected chi connectivity index (χ1v) is 7.65. The van der Waals surface area contributed by atoms with Crippen molar-refractivity contribution < 1.29 is 4.79 Å². The lowest BCUT2D eigenvalue weighted by Gasteiger charge is -2.26. The van der Waals surface area contributed by atoms with Crippen LogP contribution in [0, 0.1) is 12.8 Å². The van der Waals surface area contributed by atoms with Gasteiger partial charge >= 0.3 is 0 Å². The fourth-order valence-electron chi connectivity index (χ4n) is 3.03. The Kier molecular flexibility index (Phi) is 6.69. The molecule has 2 rings (SSSR count). The Hall–Kier alpha value is -1.06. The number of carbonyl (C=O) groups is 1. The number of carbonyl (C=O) groups excluding carboxylic acids is 1. The average molecular weight is 311 g/mol. The molecule has 4 heteroatoms. The zero-order valence-electron chi connectivity index (χ0n) is 13.2. The Balaban J connectivity index is 0.00000220. The maximum atomic E-state index is 12.5. The van der Waals surface area contributed by atoms with Crippen molar-refractivity contribution in [3.05, 3.63) is 29.3 Å². The van der Waals surface area contributed by atoms with Crippen LogP contribution in [-0.4, -0.2) is 11.9 Å². The van der Waals surface area contributed by atoms with E-state index in [0.717, 1.165) is 36.9 Å². The number of nitrogens with one attached hydrogen (secondary N) is 1. The normalized spacial score (nSPS) is 21.8. The molecule has 1 saturated carbocycles. The van der Waals surface area contributed by atoms with Crippen molar-refractivity contribution in [2.45, 2.75) is 58.4 Å². The molecule has 21 heavy (non-hydrogen) atoms. The van der Waals surface area contributed by atoms with E-state index < -0.39 is 0 Å². The highest BCUT2D eigenvalue weighted by Crippen LogP contribution is 2.30. The molecular weight excluding hydrogens is 284 g/mol. The summed E-state index contributed by atoms with van der Waals surface area (Å²) in [6, 6.07) is 6.38. The van der Waals surface area contributed by atoms with Crippen LogP contribution >= 0.6 is 12.4 Å². The predicted molar refractivity (Wildman–Crippen MR) is 91.1 cm³/mol. The van der Waals surface area contributed by atoms with Crippen LogP contribution < -0.4 is 11.1 Å². The Bertz CT molecular complexity index is 488. The van der Waals surface area contributed by atoms with Crippen LogP contribution in [0.1, 0.15) is 56.6 Å². The van der Waals surface area contributed by atoms with Crippen LogP contribution in [0.5, 0.6) is 0 Å². The second-order valence-corrected chi connectivity index (χ2v) is 6.31. The van der Waals surface area contributed by atoms with Crippen molar-refractivity contribution >= 4 is 24.0 Å². The first-order valence-electron chi connectivity index (χ1n) is 7.65. The summed E-state index contributed by atoms with van der Waals surface area (Å²) < 4.78 is 0. The second-order valence-electron chi connectivity index (χ2n) is 6.31. The van der Waals surface area contributed by atoms with Gasteiger partial charge in [0.2, 0.25) is 5.91 Å². The van der Waals surface area contributed by atoms with Gasteiger partial charge in [-0.3, -0.25) is 4.79 Å². The van der Waals surface area contributed by atoms with Crippen molar-refractivity contribution in [1.82, 2.24) is 0 Å². The Labute approximate surface area is 134 Å². The standard InChI is InChI=1S/C17H26N2O.ClH/c1-11(2)15-9-4-6-12(3)16(15)19-17(20)13-7-5-8-14(18)10-13;/h4,6,9,11,13-14H,5,7-8,10,18H2,1-3H3,(H,19,20);1H. The van der Waals surface area contributed by atoms with Crippen LogP contribution in [0.4, 0.5) is 5.69 Å². The maximum Gasteiger partial charge on any atom is 0.227 e. The van der Waals surface area contributed by atoms with E-state index in [1.54, 1.807) is 0 Å². The topological polar surface area (TPSA) is 55.1 Å². The lowest BCUT2D eigenvalue weighted by Crippen LogP contribution is -2.34. The summed E-state index contributed by atoms with van der Waals surface area (Å²) in [5.41, 5.74) is 9.31. The Morgan fingerprint density at radius 1 is 1.33 bits per heavy atom. The molecule has 1 aromatic rings. The number of hydrogen-bond acceptors (Lipinski definition) is 2. The third-order valence-corrected chi connectivity index (χ3v) is 4.26. The zero-order chi connectivity index (χ0) is 14.7. The summed E-state index contributed by atoms with van der Waals surface area (Å²) in [6.45, 7) is 6.36. The second kappa shape index (κ2) is 7.81. The van der Waals surface area contributed by atoms with Crippen molar-refractivity contribution in [1.29, 1.82) is 0 Å². The number of para-hydroxylation sites is 1. The highest BCUT2D eigenvalue weighted by atomic mass is 35.5. The van der Waals surface area contributed by atoms with Crippen LogP contribution in [0.2, 0.25) is 0 Å². The number of amides is 1. The van der Waals surface area contributed by atoms with Crippen LogP contribution in [0.15, 0.2) is 18.2 Å². The zero-order valence-corrected chi connectivity index (χ0v) is 14.0. The van der Waals surface area contributed by atoms with E-state index in [0.29, 0.717) is 5.92 Å². The highest BCUT2D eigenvalue weighted by Gasteiger charge is 2.26. The summed E-state index contributed by atoms with van der Waals surface area (Å²) in [6.07, 6.45) is 3.88. The van der Waals surface area contributed by atoms with Crippen molar-refractivity contribution in [2.24, 2.45) is 11.7 Å². The lowest BCUT2D eigenvalue weighted by atomic mass is 9.85. The molecule has 1 amide bonds. The molecule has 2 unspecified atom stereocenters. The SMILES string of the molecule is Cc1cccc(C(C)C)c1NC(=O)C1CCCC(N)C1.Cl. The van der Waals surface area contributed by atoms with Crippen LogP contribution in [0.25, 0.3) is 0 Å². The number of rotatable bonds is 3. The van der Waals surface area contributed by atoms with Gasteiger partial charge in [-0.15, -0.1) is 12.4 Å². The van der Waals surface area contributed by atoms with Gasteiger partial charge in [-0.1, -0.05) is 38.5 Å². The number of anilines is 1. The Morgan fingerprint density at radius 2 is 2.05 bits per heavy atom. The summed E-state index contributed by atoms with van der Waals surface area (Å²) in [5, 5.41) is 3.16. The highest BCUT2D eigenvalue weighted by molar-refractivity contribution is 5.94. The van der Waals surface area contributed by atoms with Gasteiger partial charge < -0.3 is 11.1 Å². The summed E-state index contributed by atoms with van der Waals surface area (Å²) >= 11 is 0. The number of halogens is 1. The lowest BCUT2D eigenvalue weighted by molar-refractivity contribution is -0.120. The van der Waals surface area contributed by atoms with E-state index in [9.17, 15) is 4.79 Å². The minimum absolute atomic E-state index is 0. The number of hydrogen-bond donors (Lipinski definition) is 2. The first-order chi connectivity index (χ1) is 9.49. The molecule has 0 bridgehead atoms. The van der Waals surface area contributed by atoms with E-state index >= 15 is 0 Å². The molecule has 1 aliphatic rings. The monoisotopic (exact) mass is 310 g/mol. The largest absolute Gasteiger partial charge is 0.328 e. The molecule has 3 N–H and O–H groups in total. The molecule has 0 spiro atoms. The van der Waals surface area contributed by atoms with Crippen LogP contribution in [0.3, 0.4) is 0 Å². The van der Waals surface area contributed by atoms with Gasteiger partial charge in [0.15, 0.2) is 0 Å². The fourth-order valence-corrected chi connectivity index (χ4v) is 3.03. The molecule has 0 heterocycles. The minimum Gasteiger partial charge on any atom is -0.328 e. The summed E-state index contributed by atoms with van der Waals surface area (Å²) in [7, 11) is 0. The van der Waals surface area contributed by atoms with Gasteiger partial charge in [-0.25, -0.2) is 0 Å². The van der Waals surface area contributed by atoms with E-state index in [2.05, 4.69) is 31.3 Å².